The quantitative estimate of drug-likeness (QED) is 0.921. The van der Waals surface area contributed by atoms with Gasteiger partial charge in [0, 0.05) is 25.0 Å². The molecule has 1 atom stereocenters. The van der Waals surface area contributed by atoms with Gasteiger partial charge in [0.05, 0.1) is 5.60 Å². The zero-order chi connectivity index (χ0) is 14.2. The van der Waals surface area contributed by atoms with E-state index in [1.165, 1.54) is 4.90 Å². The molecule has 1 unspecified atom stereocenters. The molecule has 2 rings (SSSR count). The second-order valence-corrected chi connectivity index (χ2v) is 6.01. The Hall–Kier alpha value is -1.26. The third-order valence-electron chi connectivity index (χ3n) is 2.97. The van der Waals surface area contributed by atoms with Crippen LogP contribution in [0.3, 0.4) is 0 Å². The minimum Gasteiger partial charge on any atom is -0.480 e. The molecule has 1 aliphatic heterocycles. The molecule has 1 aromatic carbocycles. The number of amides is 1. The lowest BCUT2D eigenvalue weighted by Crippen LogP contribution is -2.45. The maximum absolute atomic E-state index is 12.2. The van der Waals surface area contributed by atoms with E-state index in [1.54, 1.807) is 33.0 Å². The van der Waals surface area contributed by atoms with E-state index in [4.69, 9.17) is 16.3 Å². The van der Waals surface area contributed by atoms with Crippen LogP contribution in [0.25, 0.3) is 0 Å². The maximum Gasteiger partial charge on any atom is 0.263 e. The van der Waals surface area contributed by atoms with Crippen molar-refractivity contribution >= 4 is 17.5 Å². The third kappa shape index (κ3) is 3.39. The fourth-order valence-corrected chi connectivity index (χ4v) is 2.45. The molecule has 104 valence electrons. The largest absolute Gasteiger partial charge is 0.480 e. The number of hydrogen-bond acceptors (Lipinski definition) is 3. The lowest BCUT2D eigenvalue weighted by Gasteiger charge is -2.27. The Bertz CT molecular complexity index is 496. The minimum atomic E-state index is -0.917. The first kappa shape index (κ1) is 14.2. The van der Waals surface area contributed by atoms with E-state index in [9.17, 15) is 9.90 Å². The van der Waals surface area contributed by atoms with Gasteiger partial charge in [-0.15, -0.1) is 0 Å². The summed E-state index contributed by atoms with van der Waals surface area (Å²) >= 11 is 5.92. The van der Waals surface area contributed by atoms with Crippen molar-refractivity contribution in [3.05, 3.63) is 28.8 Å². The summed E-state index contributed by atoms with van der Waals surface area (Å²) in [7, 11) is 1.67. The summed E-state index contributed by atoms with van der Waals surface area (Å²) in [5, 5.41) is 10.4. The zero-order valence-electron chi connectivity index (χ0n) is 11.3. The summed E-state index contributed by atoms with van der Waals surface area (Å²) < 4.78 is 5.63. The highest BCUT2D eigenvalue weighted by Crippen LogP contribution is 2.31. The normalized spacial score (nSPS) is 17.8. The summed E-state index contributed by atoms with van der Waals surface area (Å²) in [6.07, 6.45) is -0.00825. The van der Waals surface area contributed by atoms with Gasteiger partial charge in [-0.1, -0.05) is 11.6 Å². The van der Waals surface area contributed by atoms with Gasteiger partial charge in [0.25, 0.3) is 5.91 Å². The number of benzene rings is 1. The third-order valence-corrected chi connectivity index (χ3v) is 3.21. The second-order valence-electron chi connectivity index (χ2n) is 5.57. The molecule has 1 aromatic rings. The van der Waals surface area contributed by atoms with E-state index in [0.717, 1.165) is 5.56 Å². The van der Waals surface area contributed by atoms with Crippen LogP contribution < -0.4 is 4.74 Å². The molecule has 1 aliphatic rings. The van der Waals surface area contributed by atoms with Gasteiger partial charge in [0.15, 0.2) is 6.10 Å². The first-order valence-electron chi connectivity index (χ1n) is 6.19. The number of rotatable bonds is 3. The number of carbonyl (C=O) groups excluding carboxylic acids is 1. The van der Waals surface area contributed by atoms with Crippen LogP contribution in [0.1, 0.15) is 19.4 Å². The predicted octanol–water partition coefficient (Wildman–Crippen LogP) is 1.87. The van der Waals surface area contributed by atoms with Gasteiger partial charge in [-0.3, -0.25) is 4.79 Å². The molecule has 0 saturated heterocycles. The lowest BCUT2D eigenvalue weighted by atomic mass is 10.1. The number of ether oxygens (including phenoxy) is 1. The molecule has 1 amide bonds. The van der Waals surface area contributed by atoms with Crippen molar-refractivity contribution in [1.29, 1.82) is 0 Å². The molecule has 1 N–H and O–H groups in total. The van der Waals surface area contributed by atoms with Crippen LogP contribution >= 0.6 is 11.6 Å². The molecule has 0 aliphatic carbocycles. The van der Waals surface area contributed by atoms with E-state index in [2.05, 4.69) is 0 Å². The first-order valence-corrected chi connectivity index (χ1v) is 6.56. The highest BCUT2D eigenvalue weighted by molar-refractivity contribution is 6.30. The Balaban J connectivity index is 2.04. The minimum absolute atomic E-state index is 0.130. The van der Waals surface area contributed by atoms with Crippen molar-refractivity contribution in [2.45, 2.75) is 32.0 Å². The Labute approximate surface area is 117 Å². The zero-order valence-corrected chi connectivity index (χ0v) is 12.1. The van der Waals surface area contributed by atoms with E-state index >= 15 is 0 Å². The van der Waals surface area contributed by atoms with Gasteiger partial charge < -0.3 is 14.7 Å². The molecule has 1 heterocycles. The van der Waals surface area contributed by atoms with Crippen LogP contribution in [-0.4, -0.2) is 41.2 Å². The van der Waals surface area contributed by atoms with E-state index in [0.29, 0.717) is 17.2 Å². The topological polar surface area (TPSA) is 49.8 Å². The van der Waals surface area contributed by atoms with Crippen molar-refractivity contribution in [2.75, 3.05) is 13.6 Å². The van der Waals surface area contributed by atoms with E-state index in [1.807, 2.05) is 6.07 Å². The summed E-state index contributed by atoms with van der Waals surface area (Å²) in [4.78, 5) is 13.7. The van der Waals surface area contributed by atoms with Crippen LogP contribution in [0.4, 0.5) is 0 Å². The number of nitrogens with zero attached hydrogens (tertiary/aromatic N) is 1. The number of carbonyl (C=O) groups is 1. The van der Waals surface area contributed by atoms with Crippen LogP contribution in [0, 0.1) is 0 Å². The monoisotopic (exact) mass is 283 g/mol. The molecule has 0 fully saturated rings. The van der Waals surface area contributed by atoms with Crippen LogP contribution in [0.5, 0.6) is 5.75 Å². The number of likely N-dealkylation sites (N-methyl/N-ethyl adjacent to an activating group) is 1. The van der Waals surface area contributed by atoms with Crippen molar-refractivity contribution in [2.24, 2.45) is 0 Å². The Kier molecular flexibility index (Phi) is 3.74. The Morgan fingerprint density at radius 2 is 2.26 bits per heavy atom. The fraction of sp³-hybridized carbons (Fsp3) is 0.500. The van der Waals surface area contributed by atoms with Gasteiger partial charge in [-0.05, 0) is 37.6 Å². The van der Waals surface area contributed by atoms with Gasteiger partial charge in [0.1, 0.15) is 5.75 Å². The van der Waals surface area contributed by atoms with Crippen LogP contribution in [-0.2, 0) is 11.2 Å². The highest BCUT2D eigenvalue weighted by atomic mass is 35.5. The molecule has 0 spiro atoms. The molecular weight excluding hydrogens is 266 g/mol. The van der Waals surface area contributed by atoms with Gasteiger partial charge >= 0.3 is 0 Å². The SMILES string of the molecule is CN(CC(C)(C)O)C(=O)C1Cc2cc(Cl)ccc2O1. The van der Waals surface area contributed by atoms with Crippen molar-refractivity contribution in [3.8, 4) is 5.75 Å². The molecule has 4 nitrogen and oxygen atoms in total. The second kappa shape index (κ2) is 5.02. The molecule has 5 heteroatoms. The molecule has 19 heavy (non-hydrogen) atoms. The first-order chi connectivity index (χ1) is 8.76. The maximum atomic E-state index is 12.2. The summed E-state index contributed by atoms with van der Waals surface area (Å²) in [6.45, 7) is 3.60. The van der Waals surface area contributed by atoms with Gasteiger partial charge in [0.2, 0.25) is 0 Å². The molecule has 0 saturated carbocycles. The fourth-order valence-electron chi connectivity index (χ4n) is 2.26. The van der Waals surface area contributed by atoms with Crippen molar-refractivity contribution in [3.63, 3.8) is 0 Å². The Morgan fingerprint density at radius 1 is 1.58 bits per heavy atom. The highest BCUT2D eigenvalue weighted by Gasteiger charge is 2.32. The summed E-state index contributed by atoms with van der Waals surface area (Å²) in [6, 6.07) is 5.34. The number of aliphatic hydroxyl groups is 1. The van der Waals surface area contributed by atoms with Gasteiger partial charge in [-0.25, -0.2) is 0 Å². The average molecular weight is 284 g/mol. The lowest BCUT2D eigenvalue weighted by molar-refractivity contribution is -0.139. The van der Waals surface area contributed by atoms with E-state index < -0.39 is 11.7 Å². The van der Waals surface area contributed by atoms with Gasteiger partial charge in [-0.2, -0.15) is 0 Å². The molecule has 0 radical (unpaired) electrons. The van der Waals surface area contributed by atoms with Crippen LogP contribution in [0.15, 0.2) is 18.2 Å². The van der Waals surface area contributed by atoms with E-state index in [-0.39, 0.29) is 12.5 Å². The standard InChI is InChI=1S/C14H18ClNO3/c1-14(2,18)8-16(3)13(17)12-7-9-6-10(15)4-5-11(9)19-12/h4-6,12,18H,7-8H2,1-3H3. The number of halogens is 1. The molecular formula is C14H18ClNO3. The average Bonchev–Trinajstić information content (AvgIpc) is 2.68. The van der Waals surface area contributed by atoms with Crippen molar-refractivity contribution < 1.29 is 14.6 Å². The van der Waals surface area contributed by atoms with Crippen LogP contribution in [0.2, 0.25) is 5.02 Å². The Morgan fingerprint density at radius 3 is 2.89 bits per heavy atom. The van der Waals surface area contributed by atoms with Crippen molar-refractivity contribution in [1.82, 2.24) is 4.90 Å². The molecule has 0 bridgehead atoms. The number of hydrogen-bond donors (Lipinski definition) is 1. The predicted molar refractivity (Wildman–Crippen MR) is 73.5 cm³/mol. The smallest absolute Gasteiger partial charge is 0.263 e. The molecule has 0 aromatic heterocycles. The summed E-state index contributed by atoms with van der Waals surface area (Å²) in [5.41, 5.74) is 0.0293. The number of fused-ring (bicyclic) bond motifs is 1. The summed E-state index contributed by atoms with van der Waals surface area (Å²) in [5.74, 6) is 0.578.